The van der Waals surface area contributed by atoms with Gasteiger partial charge in [0.05, 0.1) is 6.04 Å². The lowest BCUT2D eigenvalue weighted by Gasteiger charge is -2.11. The Hall–Kier alpha value is -1.71. The molecule has 0 aliphatic carbocycles. The molecule has 0 aromatic heterocycles. The fourth-order valence-corrected chi connectivity index (χ4v) is 3.98. The molecule has 0 bridgehead atoms. The summed E-state index contributed by atoms with van der Waals surface area (Å²) in [7, 11) is 0. The molecular weight excluding hydrogens is 426 g/mol. The first-order valence-corrected chi connectivity index (χ1v) is 9.36. The summed E-state index contributed by atoms with van der Waals surface area (Å²) < 4.78 is 2.13. The molecule has 24 heavy (non-hydrogen) atoms. The van der Waals surface area contributed by atoms with Crippen molar-refractivity contribution < 1.29 is 0 Å². The Morgan fingerprint density at radius 1 is 0.875 bits per heavy atom. The molecule has 0 saturated heterocycles. The Balaban J connectivity index is 1.90. The molecular formula is C21H17Br2N. The largest absolute Gasteiger partial charge is 0.285 e. The van der Waals surface area contributed by atoms with Gasteiger partial charge in [-0.2, -0.15) is 0 Å². The monoisotopic (exact) mass is 441 g/mol. The van der Waals surface area contributed by atoms with Crippen molar-refractivity contribution in [1.29, 1.82) is 0 Å². The molecule has 0 spiro atoms. The Kier molecular flexibility index (Phi) is 5.64. The standard InChI is InChI=1S/C21H17Br2N/c1-15(19-12-11-18(22)13-21(19)23)24-14-17-9-5-6-10-20(17)16-7-3-2-4-8-16/h2-15H,1H3/b24-14+. The maximum Gasteiger partial charge on any atom is 0.0731 e. The van der Waals surface area contributed by atoms with E-state index in [-0.39, 0.29) is 6.04 Å². The van der Waals surface area contributed by atoms with E-state index in [1.807, 2.05) is 24.4 Å². The van der Waals surface area contributed by atoms with E-state index >= 15 is 0 Å². The van der Waals surface area contributed by atoms with Crippen molar-refractivity contribution in [3.63, 3.8) is 0 Å². The Morgan fingerprint density at radius 3 is 2.33 bits per heavy atom. The zero-order valence-electron chi connectivity index (χ0n) is 13.3. The van der Waals surface area contributed by atoms with Gasteiger partial charge in [0.2, 0.25) is 0 Å². The van der Waals surface area contributed by atoms with E-state index < -0.39 is 0 Å². The van der Waals surface area contributed by atoms with Gasteiger partial charge in [-0.05, 0) is 35.7 Å². The van der Waals surface area contributed by atoms with Crippen LogP contribution in [-0.4, -0.2) is 6.21 Å². The minimum Gasteiger partial charge on any atom is -0.285 e. The lowest BCUT2D eigenvalue weighted by Crippen LogP contribution is -1.94. The van der Waals surface area contributed by atoms with Crippen LogP contribution in [0.15, 0.2) is 86.7 Å². The van der Waals surface area contributed by atoms with Crippen molar-refractivity contribution in [2.75, 3.05) is 0 Å². The lowest BCUT2D eigenvalue weighted by atomic mass is 10.0. The van der Waals surface area contributed by atoms with Gasteiger partial charge in [0.25, 0.3) is 0 Å². The van der Waals surface area contributed by atoms with Crippen molar-refractivity contribution in [3.8, 4) is 11.1 Å². The van der Waals surface area contributed by atoms with Crippen molar-refractivity contribution in [2.45, 2.75) is 13.0 Å². The smallest absolute Gasteiger partial charge is 0.0731 e. The lowest BCUT2D eigenvalue weighted by molar-refractivity contribution is 0.820. The molecule has 3 rings (SSSR count). The first-order chi connectivity index (χ1) is 11.6. The van der Waals surface area contributed by atoms with Crippen LogP contribution in [0.2, 0.25) is 0 Å². The van der Waals surface area contributed by atoms with Crippen molar-refractivity contribution in [3.05, 3.63) is 92.9 Å². The number of hydrogen-bond donors (Lipinski definition) is 0. The topological polar surface area (TPSA) is 12.4 Å². The normalized spacial score (nSPS) is 12.5. The van der Waals surface area contributed by atoms with Gasteiger partial charge in [0.15, 0.2) is 0 Å². The third-order valence-corrected chi connectivity index (χ3v) is 5.08. The van der Waals surface area contributed by atoms with Crippen LogP contribution in [0, 0.1) is 0 Å². The average Bonchev–Trinajstić information content (AvgIpc) is 2.61. The van der Waals surface area contributed by atoms with Crippen LogP contribution < -0.4 is 0 Å². The van der Waals surface area contributed by atoms with E-state index in [9.17, 15) is 0 Å². The van der Waals surface area contributed by atoms with Gasteiger partial charge in [-0.15, -0.1) is 0 Å². The summed E-state index contributed by atoms with van der Waals surface area (Å²) in [5.74, 6) is 0. The maximum atomic E-state index is 4.77. The Morgan fingerprint density at radius 2 is 1.58 bits per heavy atom. The zero-order valence-corrected chi connectivity index (χ0v) is 16.5. The maximum absolute atomic E-state index is 4.77. The second-order valence-corrected chi connectivity index (χ2v) is 7.34. The molecule has 0 radical (unpaired) electrons. The molecule has 1 unspecified atom stereocenters. The molecule has 1 atom stereocenters. The summed E-state index contributed by atoms with van der Waals surface area (Å²) in [6.45, 7) is 2.11. The van der Waals surface area contributed by atoms with Crippen molar-refractivity contribution in [1.82, 2.24) is 0 Å². The number of rotatable bonds is 4. The summed E-state index contributed by atoms with van der Waals surface area (Å²) in [5, 5.41) is 0. The Labute approximate surface area is 159 Å². The van der Waals surface area contributed by atoms with Crippen LogP contribution in [0.4, 0.5) is 0 Å². The van der Waals surface area contributed by atoms with Crippen LogP contribution in [0.3, 0.4) is 0 Å². The molecule has 0 fully saturated rings. The molecule has 3 aromatic rings. The van der Waals surface area contributed by atoms with Gasteiger partial charge in [-0.3, -0.25) is 4.99 Å². The molecule has 0 amide bonds. The van der Waals surface area contributed by atoms with Gasteiger partial charge in [-0.25, -0.2) is 0 Å². The van der Waals surface area contributed by atoms with Gasteiger partial charge >= 0.3 is 0 Å². The zero-order chi connectivity index (χ0) is 16.9. The quantitative estimate of drug-likeness (QED) is 0.383. The highest BCUT2D eigenvalue weighted by Gasteiger charge is 2.08. The van der Waals surface area contributed by atoms with E-state index in [1.165, 1.54) is 16.7 Å². The summed E-state index contributed by atoms with van der Waals surface area (Å²) in [6.07, 6.45) is 1.97. The fraction of sp³-hybridized carbons (Fsp3) is 0.0952. The van der Waals surface area contributed by atoms with E-state index in [0.29, 0.717) is 0 Å². The number of aliphatic imine (C=N–C) groups is 1. The van der Waals surface area contributed by atoms with E-state index in [2.05, 4.69) is 93.4 Å². The highest BCUT2D eigenvalue weighted by molar-refractivity contribution is 9.11. The van der Waals surface area contributed by atoms with Crippen molar-refractivity contribution >= 4 is 38.1 Å². The predicted molar refractivity (Wildman–Crippen MR) is 110 cm³/mol. The number of nitrogens with zero attached hydrogens (tertiary/aromatic N) is 1. The minimum atomic E-state index is 0.0799. The highest BCUT2D eigenvalue weighted by Crippen LogP contribution is 2.29. The number of benzene rings is 3. The van der Waals surface area contributed by atoms with E-state index in [4.69, 9.17) is 4.99 Å². The van der Waals surface area contributed by atoms with Gasteiger partial charge in [0.1, 0.15) is 0 Å². The van der Waals surface area contributed by atoms with E-state index in [0.717, 1.165) is 14.5 Å². The van der Waals surface area contributed by atoms with Crippen LogP contribution in [0.1, 0.15) is 24.1 Å². The summed E-state index contributed by atoms with van der Waals surface area (Å²) in [5.41, 5.74) is 4.70. The van der Waals surface area contributed by atoms with Gasteiger partial charge < -0.3 is 0 Å². The average molecular weight is 443 g/mol. The molecule has 3 heteroatoms. The predicted octanol–water partition coefficient (Wildman–Crippen LogP) is 7.06. The third-order valence-electron chi connectivity index (χ3n) is 3.90. The molecule has 0 aliphatic heterocycles. The Bertz CT molecular complexity index is 857. The second-order valence-electron chi connectivity index (χ2n) is 5.57. The fourth-order valence-electron chi connectivity index (χ4n) is 2.60. The van der Waals surface area contributed by atoms with Gasteiger partial charge in [0, 0.05) is 20.7 Å². The first-order valence-electron chi connectivity index (χ1n) is 7.78. The molecule has 0 heterocycles. The molecule has 0 N–H and O–H groups in total. The van der Waals surface area contributed by atoms with Crippen LogP contribution >= 0.6 is 31.9 Å². The summed E-state index contributed by atoms with van der Waals surface area (Å²) in [4.78, 5) is 4.77. The summed E-state index contributed by atoms with van der Waals surface area (Å²) in [6, 6.07) is 25.0. The van der Waals surface area contributed by atoms with Crippen LogP contribution in [0.25, 0.3) is 11.1 Å². The molecule has 3 aromatic carbocycles. The number of hydrogen-bond acceptors (Lipinski definition) is 1. The van der Waals surface area contributed by atoms with Gasteiger partial charge in [-0.1, -0.05) is 92.5 Å². The molecule has 1 nitrogen and oxygen atoms in total. The highest BCUT2D eigenvalue weighted by atomic mass is 79.9. The summed E-state index contributed by atoms with van der Waals surface area (Å²) >= 11 is 7.11. The molecule has 0 aliphatic rings. The van der Waals surface area contributed by atoms with E-state index in [1.54, 1.807) is 0 Å². The first kappa shape index (κ1) is 17.1. The SMILES string of the molecule is CC(/N=C/c1ccccc1-c1ccccc1)c1ccc(Br)cc1Br. The third kappa shape index (κ3) is 4.03. The second kappa shape index (κ2) is 7.91. The molecule has 0 saturated carbocycles. The minimum absolute atomic E-state index is 0.0799. The van der Waals surface area contributed by atoms with Crippen LogP contribution in [0.5, 0.6) is 0 Å². The number of halogens is 2. The molecule has 120 valence electrons. The van der Waals surface area contributed by atoms with Crippen LogP contribution in [-0.2, 0) is 0 Å². The van der Waals surface area contributed by atoms with Crippen molar-refractivity contribution in [2.24, 2.45) is 4.99 Å².